The van der Waals surface area contributed by atoms with Crippen molar-refractivity contribution in [3.8, 4) is 11.4 Å². The molecule has 0 atom stereocenters. The fraction of sp³-hybridized carbons (Fsp3) is 0.125. The van der Waals surface area contributed by atoms with E-state index in [9.17, 15) is 0 Å². The van der Waals surface area contributed by atoms with Gasteiger partial charge in [0.25, 0.3) is 5.82 Å². The molecule has 4 aromatic rings. The Morgan fingerprint density at radius 3 is 3.10 bits per heavy atom. The lowest BCUT2D eigenvalue weighted by Crippen LogP contribution is -2.28. The maximum atomic E-state index is 4.24. The van der Waals surface area contributed by atoms with E-state index in [0.717, 1.165) is 6.54 Å². The van der Waals surface area contributed by atoms with Crippen LogP contribution in [0.5, 0.6) is 0 Å². The molecule has 4 heteroatoms. The molecule has 0 aliphatic carbocycles. The average Bonchev–Trinajstić information content (AvgIpc) is 3.10. The van der Waals surface area contributed by atoms with E-state index in [1.165, 1.54) is 37.4 Å². The highest BCUT2D eigenvalue weighted by Crippen LogP contribution is 2.39. The van der Waals surface area contributed by atoms with Crippen molar-refractivity contribution in [1.82, 2.24) is 9.55 Å². The number of nitrogens with zero attached hydrogens (tertiary/aromatic N) is 3. The first-order valence-electron chi connectivity index (χ1n) is 6.67. The normalized spacial score (nSPS) is 13.1. The van der Waals surface area contributed by atoms with Gasteiger partial charge in [0.1, 0.15) is 6.54 Å². The Kier molecular flexibility index (Phi) is 1.83. The number of pyridine rings is 1. The van der Waals surface area contributed by atoms with Crippen molar-refractivity contribution in [2.75, 3.05) is 0 Å². The van der Waals surface area contributed by atoms with Crippen molar-refractivity contribution in [2.24, 2.45) is 7.05 Å². The summed E-state index contributed by atoms with van der Waals surface area (Å²) in [6, 6.07) is 10.8. The third-order valence-corrected chi connectivity index (χ3v) is 5.39. The number of hydrogen-bond acceptors (Lipinski definition) is 2. The minimum atomic E-state index is 0.969. The molecule has 3 nitrogen and oxygen atoms in total. The molecule has 0 N–H and O–H groups in total. The largest absolute Gasteiger partial charge is 0.291 e. The quantitative estimate of drug-likeness (QED) is 0.399. The van der Waals surface area contributed by atoms with E-state index in [1.807, 2.05) is 23.7 Å². The molecule has 5 rings (SSSR count). The highest BCUT2D eigenvalue weighted by Gasteiger charge is 2.34. The van der Waals surface area contributed by atoms with Crippen molar-refractivity contribution in [3.63, 3.8) is 0 Å². The van der Waals surface area contributed by atoms with Crippen molar-refractivity contribution in [3.05, 3.63) is 48.3 Å². The number of thiophene rings is 1. The van der Waals surface area contributed by atoms with Gasteiger partial charge in [-0.1, -0.05) is 29.5 Å². The van der Waals surface area contributed by atoms with E-state index in [-0.39, 0.29) is 0 Å². The molecule has 0 spiro atoms. The molecule has 0 amide bonds. The van der Waals surface area contributed by atoms with Gasteiger partial charge in [-0.3, -0.25) is 4.98 Å². The third-order valence-electron chi connectivity index (χ3n) is 4.18. The molecular weight excluding hydrogens is 266 g/mol. The Hall–Kier alpha value is -2.20. The average molecular weight is 278 g/mol. The lowest BCUT2D eigenvalue weighted by Gasteiger charge is -1.93. The molecule has 1 aromatic carbocycles. The van der Waals surface area contributed by atoms with Gasteiger partial charge in [0.2, 0.25) is 4.83 Å². The van der Waals surface area contributed by atoms with Gasteiger partial charge in [0.05, 0.1) is 17.3 Å². The standard InChI is InChI=1S/C16H12N3S/c1-18-15-11-5-3-2-4-10(11)9-19(15)14-12-6-7-17-8-13(12)20-16(14)18/h2-8H,9H2,1H3/q+1. The molecule has 0 bridgehead atoms. The van der Waals surface area contributed by atoms with Crippen LogP contribution in [0.1, 0.15) is 5.56 Å². The molecule has 1 aliphatic heterocycles. The molecule has 0 unspecified atom stereocenters. The van der Waals surface area contributed by atoms with Crippen molar-refractivity contribution < 1.29 is 4.57 Å². The lowest BCUT2D eigenvalue weighted by molar-refractivity contribution is -0.631. The van der Waals surface area contributed by atoms with E-state index in [2.05, 4.69) is 51.5 Å². The Morgan fingerprint density at radius 2 is 2.15 bits per heavy atom. The summed E-state index contributed by atoms with van der Waals surface area (Å²) in [5.74, 6) is 1.32. The van der Waals surface area contributed by atoms with Gasteiger partial charge in [0, 0.05) is 23.3 Å². The zero-order valence-corrected chi connectivity index (χ0v) is 11.8. The maximum Gasteiger partial charge on any atom is 0.291 e. The van der Waals surface area contributed by atoms with E-state index in [4.69, 9.17) is 0 Å². The zero-order valence-electron chi connectivity index (χ0n) is 11.0. The maximum absolute atomic E-state index is 4.24. The van der Waals surface area contributed by atoms with Crippen LogP contribution >= 0.6 is 11.3 Å². The van der Waals surface area contributed by atoms with Gasteiger partial charge in [0.15, 0.2) is 5.52 Å². The summed E-state index contributed by atoms with van der Waals surface area (Å²) in [6.07, 6.45) is 3.85. The third kappa shape index (κ3) is 1.11. The zero-order chi connectivity index (χ0) is 13.3. The lowest BCUT2D eigenvalue weighted by atomic mass is 10.1. The summed E-state index contributed by atoms with van der Waals surface area (Å²) < 4.78 is 6.03. The van der Waals surface area contributed by atoms with Crippen LogP contribution in [-0.2, 0) is 13.6 Å². The van der Waals surface area contributed by atoms with Crippen LogP contribution in [0.4, 0.5) is 0 Å². The predicted molar refractivity (Wildman–Crippen MR) is 80.8 cm³/mol. The number of fused-ring (bicyclic) bond motifs is 7. The van der Waals surface area contributed by atoms with Crippen LogP contribution in [0.25, 0.3) is 31.8 Å². The smallest absolute Gasteiger partial charge is 0.263 e. The number of imidazole rings is 1. The van der Waals surface area contributed by atoms with Gasteiger partial charge in [-0.2, -0.15) is 0 Å². The number of aryl methyl sites for hydroxylation is 1. The second-order valence-electron chi connectivity index (χ2n) is 5.25. The Labute approximate surface area is 119 Å². The fourth-order valence-electron chi connectivity index (χ4n) is 3.32. The summed E-state index contributed by atoms with van der Waals surface area (Å²) in [4.78, 5) is 5.57. The summed E-state index contributed by atoms with van der Waals surface area (Å²) in [5.41, 5.74) is 4.12. The molecule has 1 aliphatic rings. The fourth-order valence-corrected chi connectivity index (χ4v) is 4.46. The van der Waals surface area contributed by atoms with E-state index >= 15 is 0 Å². The van der Waals surface area contributed by atoms with Gasteiger partial charge in [-0.25, -0.2) is 9.13 Å². The molecule has 0 radical (unpaired) electrons. The Balaban J connectivity index is 1.99. The summed E-state index contributed by atoms with van der Waals surface area (Å²) in [7, 11) is 2.17. The highest BCUT2D eigenvalue weighted by molar-refractivity contribution is 7.25. The molecular formula is C16H12N3S+. The Bertz CT molecular complexity index is 994. The van der Waals surface area contributed by atoms with Crippen LogP contribution < -0.4 is 4.57 Å². The number of rotatable bonds is 0. The molecule has 20 heavy (non-hydrogen) atoms. The van der Waals surface area contributed by atoms with Crippen LogP contribution in [0, 0.1) is 0 Å². The topological polar surface area (TPSA) is 21.7 Å². The summed E-state index contributed by atoms with van der Waals surface area (Å²) >= 11 is 1.83. The minimum Gasteiger partial charge on any atom is -0.263 e. The SMILES string of the molecule is C[n+]1c2n(c3c4ccncc4sc31)Cc1ccccc1-2. The molecule has 0 fully saturated rings. The summed E-state index contributed by atoms with van der Waals surface area (Å²) in [6.45, 7) is 0.969. The van der Waals surface area contributed by atoms with Crippen LogP contribution in [0.2, 0.25) is 0 Å². The highest BCUT2D eigenvalue weighted by atomic mass is 32.1. The second-order valence-corrected chi connectivity index (χ2v) is 6.28. The minimum absolute atomic E-state index is 0.969. The van der Waals surface area contributed by atoms with E-state index in [0.29, 0.717) is 0 Å². The van der Waals surface area contributed by atoms with Crippen LogP contribution in [-0.4, -0.2) is 9.55 Å². The number of aromatic nitrogens is 3. The molecule has 0 saturated carbocycles. The predicted octanol–water partition coefficient (Wildman–Crippen LogP) is 3.10. The van der Waals surface area contributed by atoms with Crippen LogP contribution in [0.3, 0.4) is 0 Å². The Morgan fingerprint density at radius 1 is 1.25 bits per heavy atom. The van der Waals surface area contributed by atoms with E-state index in [1.54, 1.807) is 0 Å². The first-order chi connectivity index (χ1) is 9.84. The van der Waals surface area contributed by atoms with E-state index < -0.39 is 0 Å². The molecule has 3 aromatic heterocycles. The molecule has 0 saturated heterocycles. The molecule has 4 heterocycles. The van der Waals surface area contributed by atoms with Crippen molar-refractivity contribution in [1.29, 1.82) is 0 Å². The monoisotopic (exact) mass is 278 g/mol. The number of benzene rings is 1. The van der Waals surface area contributed by atoms with Gasteiger partial charge < -0.3 is 0 Å². The van der Waals surface area contributed by atoms with Gasteiger partial charge >= 0.3 is 0 Å². The first kappa shape index (κ1) is 10.6. The van der Waals surface area contributed by atoms with Gasteiger partial charge in [-0.05, 0) is 12.1 Å². The van der Waals surface area contributed by atoms with Crippen molar-refractivity contribution >= 4 is 31.8 Å². The van der Waals surface area contributed by atoms with Crippen LogP contribution in [0.15, 0.2) is 42.7 Å². The number of hydrogen-bond donors (Lipinski definition) is 0. The van der Waals surface area contributed by atoms with Crippen molar-refractivity contribution in [2.45, 2.75) is 6.54 Å². The summed E-state index contributed by atoms with van der Waals surface area (Å²) in [5, 5.41) is 1.31. The molecule has 96 valence electrons. The first-order valence-corrected chi connectivity index (χ1v) is 7.49. The van der Waals surface area contributed by atoms with Gasteiger partial charge in [-0.15, -0.1) is 0 Å². The second kappa shape index (κ2) is 3.46.